The van der Waals surface area contributed by atoms with Crippen LogP contribution in [0, 0.1) is 25.5 Å². The molecule has 0 amide bonds. The van der Waals surface area contributed by atoms with Crippen molar-refractivity contribution in [3.63, 3.8) is 0 Å². The maximum atomic E-state index is 14.2. The second-order valence-electron chi connectivity index (χ2n) is 4.07. The van der Waals surface area contributed by atoms with Crippen LogP contribution in [0.25, 0.3) is 0 Å². The summed E-state index contributed by atoms with van der Waals surface area (Å²) in [6, 6.07) is 0. The first-order valence-electron chi connectivity index (χ1n) is 6.19. The van der Waals surface area contributed by atoms with Crippen molar-refractivity contribution in [2.45, 2.75) is 27.7 Å². The van der Waals surface area contributed by atoms with Crippen molar-refractivity contribution in [2.75, 3.05) is 13.2 Å². The van der Waals surface area contributed by atoms with Crippen LogP contribution in [0.2, 0.25) is 0 Å². The van der Waals surface area contributed by atoms with Crippen LogP contribution in [0.4, 0.5) is 8.78 Å². The van der Waals surface area contributed by atoms with Crippen molar-refractivity contribution in [2.24, 2.45) is 0 Å². The number of rotatable bonds is 4. The summed E-state index contributed by atoms with van der Waals surface area (Å²) in [7, 11) is 0. The molecule has 0 aliphatic heterocycles. The molecule has 0 atom stereocenters. The summed E-state index contributed by atoms with van der Waals surface area (Å²) in [5.74, 6) is -3.85. The Bertz CT molecular complexity index is 475. The van der Waals surface area contributed by atoms with Crippen LogP contribution >= 0.6 is 0 Å². The molecule has 1 rings (SSSR count). The van der Waals surface area contributed by atoms with E-state index in [0.29, 0.717) is 0 Å². The van der Waals surface area contributed by atoms with E-state index in [-0.39, 0.29) is 24.3 Å². The van der Waals surface area contributed by atoms with Crippen LogP contribution in [-0.2, 0) is 9.47 Å². The van der Waals surface area contributed by atoms with Gasteiger partial charge in [-0.25, -0.2) is 18.4 Å². The molecule has 0 aromatic heterocycles. The summed E-state index contributed by atoms with van der Waals surface area (Å²) in [6.07, 6.45) is 0. The van der Waals surface area contributed by atoms with E-state index in [9.17, 15) is 18.4 Å². The van der Waals surface area contributed by atoms with E-state index < -0.39 is 34.7 Å². The largest absolute Gasteiger partial charge is 0.462 e. The number of hydrogen-bond donors (Lipinski definition) is 0. The molecule has 20 heavy (non-hydrogen) atoms. The highest BCUT2D eigenvalue weighted by atomic mass is 19.1. The lowest BCUT2D eigenvalue weighted by atomic mass is 9.98. The molecular formula is C14H16F2O4. The van der Waals surface area contributed by atoms with Gasteiger partial charge >= 0.3 is 11.9 Å². The predicted octanol–water partition coefficient (Wildman–Crippen LogP) is 2.94. The average molecular weight is 286 g/mol. The molecule has 1 aromatic rings. The van der Waals surface area contributed by atoms with Crippen molar-refractivity contribution in [1.29, 1.82) is 0 Å². The minimum Gasteiger partial charge on any atom is -0.462 e. The fourth-order valence-corrected chi connectivity index (χ4v) is 1.82. The molecule has 0 radical (unpaired) electrons. The third-order valence-electron chi connectivity index (χ3n) is 2.81. The molecule has 0 saturated carbocycles. The first kappa shape index (κ1) is 16.1. The van der Waals surface area contributed by atoms with Crippen molar-refractivity contribution in [3.8, 4) is 0 Å². The predicted molar refractivity (Wildman–Crippen MR) is 67.7 cm³/mol. The summed E-state index contributed by atoms with van der Waals surface area (Å²) in [5, 5.41) is 0. The van der Waals surface area contributed by atoms with Crippen LogP contribution in [0.15, 0.2) is 0 Å². The van der Waals surface area contributed by atoms with Gasteiger partial charge in [0.1, 0.15) is 22.8 Å². The van der Waals surface area contributed by atoms with Gasteiger partial charge in [0.2, 0.25) is 0 Å². The average Bonchev–Trinajstić information content (AvgIpc) is 2.37. The van der Waals surface area contributed by atoms with Crippen molar-refractivity contribution in [1.82, 2.24) is 0 Å². The van der Waals surface area contributed by atoms with E-state index in [4.69, 9.17) is 0 Å². The van der Waals surface area contributed by atoms with Gasteiger partial charge in [0.25, 0.3) is 0 Å². The molecule has 0 N–H and O–H groups in total. The number of ether oxygens (including phenoxy) is 2. The van der Waals surface area contributed by atoms with Gasteiger partial charge in [-0.15, -0.1) is 0 Å². The maximum Gasteiger partial charge on any atom is 0.341 e. The topological polar surface area (TPSA) is 52.6 Å². The number of benzene rings is 1. The third kappa shape index (κ3) is 2.79. The van der Waals surface area contributed by atoms with Gasteiger partial charge in [0.15, 0.2) is 0 Å². The highest BCUT2D eigenvalue weighted by Gasteiger charge is 2.28. The zero-order valence-electron chi connectivity index (χ0n) is 11.8. The van der Waals surface area contributed by atoms with Crippen LogP contribution < -0.4 is 0 Å². The number of carbonyl (C=O) groups is 2. The molecule has 0 heterocycles. The van der Waals surface area contributed by atoms with Gasteiger partial charge in [-0.2, -0.15) is 0 Å². The molecule has 0 aliphatic rings. The third-order valence-corrected chi connectivity index (χ3v) is 2.81. The Morgan fingerprint density at radius 2 is 1.15 bits per heavy atom. The molecule has 0 spiro atoms. The summed E-state index contributed by atoms with van der Waals surface area (Å²) < 4.78 is 37.8. The molecule has 0 bridgehead atoms. The van der Waals surface area contributed by atoms with Gasteiger partial charge in [0.05, 0.1) is 13.2 Å². The Morgan fingerprint density at radius 3 is 1.40 bits per heavy atom. The first-order valence-corrected chi connectivity index (χ1v) is 6.19. The van der Waals surface area contributed by atoms with E-state index in [1.165, 1.54) is 13.8 Å². The van der Waals surface area contributed by atoms with E-state index in [1.54, 1.807) is 13.8 Å². The number of halogens is 2. The van der Waals surface area contributed by atoms with E-state index >= 15 is 0 Å². The summed E-state index contributed by atoms with van der Waals surface area (Å²) in [4.78, 5) is 23.3. The number of esters is 2. The minimum absolute atomic E-state index is 0.0397. The SMILES string of the molecule is CCOC(=O)c1c(C)c(F)c(C(=O)OCC)c(C)c1F. The Hall–Kier alpha value is -1.98. The van der Waals surface area contributed by atoms with Crippen LogP contribution in [0.1, 0.15) is 45.7 Å². The fraction of sp³-hybridized carbons (Fsp3) is 0.429. The molecule has 1 aromatic carbocycles. The monoisotopic (exact) mass is 286 g/mol. The fourth-order valence-electron chi connectivity index (χ4n) is 1.82. The summed E-state index contributed by atoms with van der Waals surface area (Å²) in [5.41, 5.74) is -1.52. The quantitative estimate of drug-likeness (QED) is 0.799. The van der Waals surface area contributed by atoms with Gasteiger partial charge < -0.3 is 9.47 Å². The molecule has 110 valence electrons. The highest BCUT2D eigenvalue weighted by molar-refractivity contribution is 5.96. The van der Waals surface area contributed by atoms with Gasteiger partial charge in [-0.3, -0.25) is 0 Å². The van der Waals surface area contributed by atoms with Crippen molar-refractivity contribution >= 4 is 11.9 Å². The zero-order valence-corrected chi connectivity index (χ0v) is 11.8. The lowest BCUT2D eigenvalue weighted by molar-refractivity contribution is 0.0499. The Labute approximate surface area is 115 Å². The number of hydrogen-bond acceptors (Lipinski definition) is 4. The lowest BCUT2D eigenvalue weighted by Gasteiger charge is -2.14. The molecule has 6 heteroatoms. The Balaban J connectivity index is 3.49. The van der Waals surface area contributed by atoms with Crippen molar-refractivity contribution in [3.05, 3.63) is 33.9 Å². The van der Waals surface area contributed by atoms with E-state index in [0.717, 1.165) is 0 Å². The lowest BCUT2D eigenvalue weighted by Crippen LogP contribution is -2.18. The minimum atomic E-state index is -0.967. The van der Waals surface area contributed by atoms with Crippen LogP contribution in [0.5, 0.6) is 0 Å². The smallest absolute Gasteiger partial charge is 0.341 e. The van der Waals surface area contributed by atoms with E-state index in [2.05, 4.69) is 9.47 Å². The first-order chi connectivity index (χ1) is 9.36. The standard InChI is InChI=1S/C14H16F2O4/c1-5-19-13(17)9-7(3)12(16)10(8(4)11(9)15)14(18)20-6-2/h5-6H2,1-4H3. The van der Waals surface area contributed by atoms with Crippen LogP contribution in [-0.4, -0.2) is 25.2 Å². The van der Waals surface area contributed by atoms with Crippen molar-refractivity contribution < 1.29 is 27.8 Å². The Morgan fingerprint density at radius 1 is 0.850 bits per heavy atom. The molecule has 0 aliphatic carbocycles. The van der Waals surface area contributed by atoms with Gasteiger partial charge in [-0.05, 0) is 27.7 Å². The summed E-state index contributed by atoms with van der Waals surface area (Å²) in [6.45, 7) is 5.62. The number of carbonyl (C=O) groups excluding carboxylic acids is 2. The van der Waals surface area contributed by atoms with E-state index in [1.807, 2.05) is 0 Å². The van der Waals surface area contributed by atoms with Crippen LogP contribution in [0.3, 0.4) is 0 Å². The highest BCUT2D eigenvalue weighted by Crippen LogP contribution is 2.26. The normalized spacial score (nSPS) is 10.3. The van der Waals surface area contributed by atoms with Gasteiger partial charge in [0, 0.05) is 11.1 Å². The molecule has 0 saturated heterocycles. The molecule has 4 nitrogen and oxygen atoms in total. The second kappa shape index (κ2) is 6.45. The molecule has 0 fully saturated rings. The summed E-state index contributed by atoms with van der Waals surface area (Å²) >= 11 is 0. The molecular weight excluding hydrogens is 270 g/mol. The van der Waals surface area contributed by atoms with Gasteiger partial charge in [-0.1, -0.05) is 0 Å². The molecule has 0 unspecified atom stereocenters. The Kier molecular flexibility index (Phi) is 5.19. The maximum absolute atomic E-state index is 14.2. The zero-order chi connectivity index (χ0) is 15.4. The second-order valence-corrected chi connectivity index (χ2v) is 4.07.